The highest BCUT2D eigenvalue weighted by molar-refractivity contribution is 6.30. The minimum Gasteiger partial charge on any atom is -0.375 e. The molecule has 0 bridgehead atoms. The summed E-state index contributed by atoms with van der Waals surface area (Å²) in [6.45, 7) is 2.40. The number of hydrogen-bond acceptors (Lipinski definition) is 3. The number of amides is 1. The predicted molar refractivity (Wildman–Crippen MR) is 77.1 cm³/mol. The summed E-state index contributed by atoms with van der Waals surface area (Å²) in [5, 5.41) is 3.48. The van der Waals surface area contributed by atoms with Gasteiger partial charge >= 0.3 is 0 Å². The lowest BCUT2D eigenvalue weighted by Gasteiger charge is -2.18. The first-order valence-electron chi connectivity index (χ1n) is 6.40. The summed E-state index contributed by atoms with van der Waals surface area (Å²) in [5.41, 5.74) is 6.71. The van der Waals surface area contributed by atoms with Gasteiger partial charge in [-0.1, -0.05) is 37.1 Å². The Bertz CT molecular complexity index is 395. The van der Waals surface area contributed by atoms with Gasteiger partial charge in [-0.2, -0.15) is 0 Å². The number of nitrogens with two attached hydrogens (primary N) is 1. The van der Waals surface area contributed by atoms with Crippen LogP contribution in [0.25, 0.3) is 0 Å². The van der Waals surface area contributed by atoms with Crippen LogP contribution >= 0.6 is 11.6 Å². The Morgan fingerprint density at radius 2 is 2.05 bits per heavy atom. The molecule has 1 aromatic rings. The van der Waals surface area contributed by atoms with Gasteiger partial charge in [0.15, 0.2) is 0 Å². The second-order valence-corrected chi connectivity index (χ2v) is 4.85. The summed E-state index contributed by atoms with van der Waals surface area (Å²) in [5.74, 6) is -0.141. The lowest BCUT2D eigenvalue weighted by molar-refractivity contribution is -0.123. The zero-order valence-electron chi connectivity index (χ0n) is 11.4. The van der Waals surface area contributed by atoms with Crippen LogP contribution in [0.4, 0.5) is 0 Å². The third-order valence-electron chi connectivity index (χ3n) is 2.92. The van der Waals surface area contributed by atoms with Gasteiger partial charge in [-0.05, 0) is 24.1 Å². The van der Waals surface area contributed by atoms with Gasteiger partial charge in [-0.15, -0.1) is 0 Å². The first-order chi connectivity index (χ1) is 9.08. The third-order valence-corrected chi connectivity index (χ3v) is 3.18. The zero-order valence-corrected chi connectivity index (χ0v) is 12.1. The number of carbonyl (C=O) groups is 1. The van der Waals surface area contributed by atoms with Crippen molar-refractivity contribution in [1.29, 1.82) is 0 Å². The van der Waals surface area contributed by atoms with Crippen molar-refractivity contribution in [2.24, 2.45) is 5.73 Å². The molecule has 1 amide bonds. The first kappa shape index (κ1) is 16.0. The fourth-order valence-corrected chi connectivity index (χ4v) is 1.91. The van der Waals surface area contributed by atoms with Crippen LogP contribution in [0.1, 0.15) is 31.4 Å². The summed E-state index contributed by atoms with van der Waals surface area (Å²) in [7, 11) is 1.61. The van der Waals surface area contributed by atoms with E-state index >= 15 is 0 Å². The van der Waals surface area contributed by atoms with Gasteiger partial charge in [-0.25, -0.2) is 0 Å². The third kappa shape index (κ3) is 5.19. The van der Waals surface area contributed by atoms with Crippen molar-refractivity contribution in [2.45, 2.75) is 31.9 Å². The van der Waals surface area contributed by atoms with E-state index in [1.165, 1.54) is 0 Å². The number of hydrogen-bond donors (Lipinski definition) is 2. The van der Waals surface area contributed by atoms with E-state index < -0.39 is 6.04 Å². The molecule has 0 aromatic heterocycles. The Hall–Kier alpha value is -1.10. The molecule has 5 heteroatoms. The van der Waals surface area contributed by atoms with Gasteiger partial charge in [0, 0.05) is 18.7 Å². The monoisotopic (exact) mass is 284 g/mol. The number of halogens is 1. The maximum absolute atomic E-state index is 11.7. The van der Waals surface area contributed by atoms with Gasteiger partial charge in [-0.3, -0.25) is 4.79 Å². The van der Waals surface area contributed by atoms with Crippen molar-refractivity contribution in [3.8, 4) is 0 Å². The molecule has 0 spiro atoms. The number of benzene rings is 1. The van der Waals surface area contributed by atoms with Crippen LogP contribution in [0.2, 0.25) is 5.02 Å². The summed E-state index contributed by atoms with van der Waals surface area (Å²) in [6, 6.07) is 6.91. The molecule has 2 unspecified atom stereocenters. The molecule has 0 radical (unpaired) electrons. The van der Waals surface area contributed by atoms with E-state index in [-0.39, 0.29) is 12.0 Å². The van der Waals surface area contributed by atoms with E-state index in [0.29, 0.717) is 18.0 Å². The Balaban J connectivity index is 2.53. The number of rotatable bonds is 7. The van der Waals surface area contributed by atoms with E-state index in [2.05, 4.69) is 5.32 Å². The highest BCUT2D eigenvalue weighted by Gasteiger charge is 2.15. The molecule has 2 atom stereocenters. The molecule has 0 aliphatic carbocycles. The van der Waals surface area contributed by atoms with E-state index in [1.54, 1.807) is 19.2 Å². The molecular weight excluding hydrogens is 264 g/mol. The van der Waals surface area contributed by atoms with Crippen LogP contribution in [0.3, 0.4) is 0 Å². The van der Waals surface area contributed by atoms with Crippen molar-refractivity contribution in [2.75, 3.05) is 13.7 Å². The second kappa shape index (κ2) is 8.15. The van der Waals surface area contributed by atoms with Crippen LogP contribution in [0.5, 0.6) is 0 Å². The molecule has 4 nitrogen and oxygen atoms in total. The molecule has 0 saturated heterocycles. The van der Waals surface area contributed by atoms with Crippen molar-refractivity contribution in [3.05, 3.63) is 34.9 Å². The normalized spacial score (nSPS) is 13.9. The lowest BCUT2D eigenvalue weighted by atomic mass is 10.1. The number of carbonyl (C=O) groups excluding carboxylic acids is 1. The van der Waals surface area contributed by atoms with Crippen molar-refractivity contribution >= 4 is 17.5 Å². The maximum Gasteiger partial charge on any atom is 0.237 e. The molecule has 0 saturated carbocycles. The van der Waals surface area contributed by atoms with Gasteiger partial charge in [0.1, 0.15) is 0 Å². The Morgan fingerprint density at radius 3 is 2.58 bits per heavy atom. The Morgan fingerprint density at radius 1 is 1.42 bits per heavy atom. The first-order valence-corrected chi connectivity index (χ1v) is 6.77. The predicted octanol–water partition coefficient (Wildman–Crippen LogP) is 2.27. The average molecular weight is 285 g/mol. The minimum absolute atomic E-state index is 0.141. The number of nitrogens with one attached hydrogen (secondary N) is 1. The molecule has 0 aliphatic heterocycles. The van der Waals surface area contributed by atoms with Crippen molar-refractivity contribution < 1.29 is 9.53 Å². The van der Waals surface area contributed by atoms with Crippen LogP contribution < -0.4 is 11.1 Å². The Kier molecular flexibility index (Phi) is 6.84. The summed E-state index contributed by atoms with van der Waals surface area (Å²) in [6.07, 6.45) is 1.37. The standard InChI is InChI=1S/C14H21ClN2O2/c1-3-4-12(16)14(18)17-9-13(19-2)10-5-7-11(15)8-6-10/h5-8,12-13H,3-4,9,16H2,1-2H3,(H,17,18). The smallest absolute Gasteiger partial charge is 0.237 e. The molecule has 106 valence electrons. The minimum atomic E-state index is -0.451. The van der Waals surface area contributed by atoms with Crippen molar-refractivity contribution in [3.63, 3.8) is 0 Å². The van der Waals surface area contributed by atoms with Crippen LogP contribution in [0, 0.1) is 0 Å². The number of methoxy groups -OCH3 is 1. The highest BCUT2D eigenvalue weighted by atomic mass is 35.5. The van der Waals surface area contributed by atoms with Crippen LogP contribution in [0.15, 0.2) is 24.3 Å². The van der Waals surface area contributed by atoms with Crippen LogP contribution in [-0.4, -0.2) is 25.6 Å². The molecular formula is C14H21ClN2O2. The van der Waals surface area contributed by atoms with E-state index in [1.807, 2.05) is 19.1 Å². The highest BCUT2D eigenvalue weighted by Crippen LogP contribution is 2.18. The summed E-state index contributed by atoms with van der Waals surface area (Å²) < 4.78 is 5.37. The summed E-state index contributed by atoms with van der Waals surface area (Å²) >= 11 is 5.84. The molecule has 3 N–H and O–H groups in total. The average Bonchev–Trinajstić information content (AvgIpc) is 2.41. The molecule has 1 rings (SSSR count). The topological polar surface area (TPSA) is 64.4 Å². The van der Waals surface area contributed by atoms with Gasteiger partial charge < -0.3 is 15.8 Å². The largest absolute Gasteiger partial charge is 0.375 e. The van der Waals surface area contributed by atoms with Gasteiger partial charge in [0.05, 0.1) is 12.1 Å². The van der Waals surface area contributed by atoms with E-state index in [4.69, 9.17) is 22.1 Å². The molecule has 0 heterocycles. The molecule has 1 aromatic carbocycles. The maximum atomic E-state index is 11.7. The SMILES string of the molecule is CCCC(N)C(=O)NCC(OC)c1ccc(Cl)cc1. The molecule has 0 fully saturated rings. The van der Waals surface area contributed by atoms with E-state index in [9.17, 15) is 4.79 Å². The lowest BCUT2D eigenvalue weighted by Crippen LogP contribution is -2.42. The fourth-order valence-electron chi connectivity index (χ4n) is 1.78. The van der Waals surface area contributed by atoms with Gasteiger partial charge in [0.25, 0.3) is 0 Å². The van der Waals surface area contributed by atoms with Crippen molar-refractivity contribution in [1.82, 2.24) is 5.32 Å². The zero-order chi connectivity index (χ0) is 14.3. The van der Waals surface area contributed by atoms with Gasteiger partial charge in [0.2, 0.25) is 5.91 Å². The Labute approximate surface area is 119 Å². The number of ether oxygens (including phenoxy) is 1. The van der Waals surface area contributed by atoms with E-state index in [0.717, 1.165) is 12.0 Å². The molecule has 19 heavy (non-hydrogen) atoms. The second-order valence-electron chi connectivity index (χ2n) is 4.42. The fraction of sp³-hybridized carbons (Fsp3) is 0.500. The summed E-state index contributed by atoms with van der Waals surface area (Å²) in [4.78, 5) is 11.7. The van der Waals surface area contributed by atoms with Crippen LogP contribution in [-0.2, 0) is 9.53 Å². The quantitative estimate of drug-likeness (QED) is 0.807. The molecule has 0 aliphatic rings.